The third-order valence-electron chi connectivity index (χ3n) is 22.2. The van der Waals surface area contributed by atoms with Gasteiger partial charge in [0.15, 0.2) is 11.6 Å². The maximum Gasteiger partial charge on any atom is 0.277 e. The molecule has 662 valence electrons. The van der Waals surface area contributed by atoms with Gasteiger partial charge in [-0.1, -0.05) is 189 Å². The van der Waals surface area contributed by atoms with Gasteiger partial charge in [0.25, 0.3) is 5.91 Å². The molecule has 2 fully saturated rings. The van der Waals surface area contributed by atoms with Gasteiger partial charge in [-0.05, 0) is 147 Å². The number of carbonyl (C=O) groups excluding carboxylic acids is 7. The molecule has 0 bridgehead atoms. The largest absolute Gasteiger partial charge is 0.391 e. The Morgan fingerprint density at radius 1 is 0.549 bits per heavy atom. The van der Waals surface area contributed by atoms with Crippen LogP contribution in [0.1, 0.15) is 261 Å². The molecule has 31 heteroatoms. The van der Waals surface area contributed by atoms with Crippen LogP contribution in [0.2, 0.25) is 0 Å². The summed E-state index contributed by atoms with van der Waals surface area (Å²) in [6.07, 6.45) is 19.7. The van der Waals surface area contributed by atoms with Gasteiger partial charge in [0.1, 0.15) is 41.3 Å². The normalized spacial score (nSPS) is 16.1. The number of unbranched alkanes of at least 4 members (excludes halogenated alkanes) is 18. The number of aromatic nitrogens is 4. The number of nitrogens with one attached hydrogen (secondary N) is 6. The number of nitrogens with two attached hydrogens (primary N) is 1. The SMILES string of the molecule is Cc1cc([C@H](C(=O)N2C[C@H](O)C[C@H]2C(=O)N[C@@H](CC(=O)NCCCCCCCCCCCCCCONC(=O)c2ccc(F)c(F)c2Nc2ccc(I)cc2F)c2ccc(-c3scnc3C)cc2)C(C)C)on1.Cc1cc([C@H](C(=O)N2C[C@H](O)C[C@H]2C(=O)N[C@@H](CC(=O)NCCCCCCCCCCN)c2ccc(-c3scnc3C)cc2)C(C)C)on1. The van der Waals surface area contributed by atoms with Crippen LogP contribution in [0.3, 0.4) is 0 Å². The maximum atomic E-state index is 14.7. The lowest BCUT2D eigenvalue weighted by Gasteiger charge is -2.30. The molecule has 2 aliphatic heterocycles. The number of hydrogen-bond acceptors (Lipinski definition) is 20. The van der Waals surface area contributed by atoms with Crippen LogP contribution in [0.15, 0.2) is 111 Å². The number of β-amino-alcohol motifs (C(OH)–C–C–N with tert-alkyl or cyclic N) is 2. The molecule has 0 spiro atoms. The predicted molar refractivity (Wildman–Crippen MR) is 475 cm³/mol. The first-order valence-electron chi connectivity index (χ1n) is 43.0. The van der Waals surface area contributed by atoms with E-state index in [2.05, 4.69) is 52.3 Å². The van der Waals surface area contributed by atoms with Crippen LogP contribution in [0.5, 0.6) is 0 Å². The Morgan fingerprint density at radius 2 is 0.967 bits per heavy atom. The topological polar surface area (TPSA) is 352 Å². The molecule has 4 aromatic heterocycles. The van der Waals surface area contributed by atoms with E-state index in [9.17, 15) is 56.9 Å². The zero-order valence-corrected chi connectivity index (χ0v) is 75.2. The second kappa shape index (κ2) is 49.5. The number of aliphatic hydroxyl groups is 2. The number of nitrogens with zero attached hydrogens (tertiary/aromatic N) is 6. The lowest BCUT2D eigenvalue weighted by molar-refractivity contribution is -0.141. The summed E-state index contributed by atoms with van der Waals surface area (Å²) in [7, 11) is 0. The summed E-state index contributed by atoms with van der Waals surface area (Å²) in [4.78, 5) is 114. The first-order valence-corrected chi connectivity index (χ1v) is 45.8. The van der Waals surface area contributed by atoms with Gasteiger partial charge >= 0.3 is 0 Å². The molecule has 0 unspecified atom stereocenters. The fourth-order valence-corrected chi connectivity index (χ4v) is 17.6. The number of halogens is 4. The number of aliphatic hydroxyl groups excluding tert-OH is 2. The average molecular weight is 1840 g/mol. The zero-order valence-electron chi connectivity index (χ0n) is 71.4. The van der Waals surface area contributed by atoms with E-state index in [1.807, 2.05) is 118 Å². The molecule has 8 atom stereocenters. The summed E-state index contributed by atoms with van der Waals surface area (Å²) in [5.41, 5.74) is 17.3. The molecule has 0 saturated carbocycles. The molecule has 122 heavy (non-hydrogen) atoms. The Morgan fingerprint density at radius 3 is 1.35 bits per heavy atom. The number of anilines is 2. The van der Waals surface area contributed by atoms with Crippen LogP contribution in [-0.4, -0.2) is 145 Å². The highest BCUT2D eigenvalue weighted by Gasteiger charge is 2.46. The fraction of sp³-hybridized carbons (Fsp3) is 0.527. The Balaban J connectivity index is 0.000000300. The molecule has 0 aliphatic carbocycles. The van der Waals surface area contributed by atoms with Crippen LogP contribution in [-0.2, 0) is 33.6 Å². The predicted octanol–water partition coefficient (Wildman–Crippen LogP) is 16.8. The molecule has 7 amide bonds. The molecule has 2 aliphatic rings. The molecule has 6 heterocycles. The monoisotopic (exact) mass is 1840 g/mol. The lowest BCUT2D eigenvalue weighted by Crippen LogP contribution is -2.49. The Labute approximate surface area is 735 Å². The lowest BCUT2D eigenvalue weighted by atomic mass is 9.91. The van der Waals surface area contributed by atoms with Crippen molar-refractivity contribution in [2.45, 2.75) is 258 Å². The number of rotatable bonds is 47. The van der Waals surface area contributed by atoms with Gasteiger partial charge in [0.2, 0.25) is 35.4 Å². The third-order valence-corrected chi connectivity index (χ3v) is 24.8. The zero-order chi connectivity index (χ0) is 87.8. The minimum atomic E-state index is -1.30. The Kier molecular flexibility index (Phi) is 39.3. The van der Waals surface area contributed by atoms with Gasteiger partial charge in [-0.3, -0.25) is 38.4 Å². The number of hydroxylamine groups is 1. The molecule has 10 N–H and O–H groups in total. The third kappa shape index (κ3) is 29.1. The molecule has 4 aromatic carbocycles. The number of amides is 7. The molecule has 0 radical (unpaired) electrons. The minimum Gasteiger partial charge on any atom is -0.391 e. The van der Waals surface area contributed by atoms with Gasteiger partial charge in [-0.2, -0.15) is 0 Å². The Bertz CT molecular complexity index is 4660. The van der Waals surface area contributed by atoms with Crippen molar-refractivity contribution in [3.05, 3.63) is 174 Å². The molecule has 25 nitrogen and oxygen atoms in total. The summed E-state index contributed by atoms with van der Waals surface area (Å²) < 4.78 is 54.7. The van der Waals surface area contributed by atoms with E-state index in [1.54, 1.807) is 48.9 Å². The van der Waals surface area contributed by atoms with E-state index >= 15 is 0 Å². The number of thiazole rings is 2. The summed E-state index contributed by atoms with van der Waals surface area (Å²) in [6.45, 7) is 17.2. The standard InChI is InChI=1S/C54H67F3IN7O7S.C37H54N6O5S/c1-33(2)48(46-27-34(3)63-72-46)54(70)65-31-39(66)29-45(65)53(69)62-44(36-17-19-37(20-18-36)51-35(4)60-32-73-51)30-47(67)59-25-15-13-11-9-7-5-6-8-10-12-14-16-26-71-64-52(68)40-22-23-41(55)49(57)50(40)61-43-24-21-38(58)28-42(43)56;1-24(2)34(32-19-25(3)42-48-32)37(47)43-22-29(44)20-31(43)36(46)41-30(27-13-15-28(16-14-27)35-26(4)40-23-49-35)21-33(45)39-18-12-10-8-6-5-7-9-11-17-38/h17-24,27-28,32-33,39,44-45,48,61,66H,5-16,25-26,29-31H2,1-4H3,(H,59,67)(H,62,69)(H,64,68);13-16,19,23-24,29-31,34,44H,5-12,17-18,20-22,38H2,1-4H3,(H,39,45)(H,41,46)/t39-,44+,45+,48-;29-,30+,31+,34-/m11/s1. The molecular formula is C91H121F3IN13O12S2. The molecule has 8 aromatic rings. The van der Waals surface area contributed by atoms with Crippen LogP contribution in [0.25, 0.3) is 20.9 Å². The number of carbonyl (C=O) groups is 7. The molecule has 10 rings (SSSR count). The van der Waals surface area contributed by atoms with Crippen molar-refractivity contribution >= 4 is 98.0 Å². The van der Waals surface area contributed by atoms with E-state index in [-0.39, 0.29) is 92.1 Å². The van der Waals surface area contributed by atoms with E-state index in [0.717, 1.165) is 158 Å². The van der Waals surface area contributed by atoms with E-state index in [4.69, 9.17) is 19.6 Å². The quantitative estimate of drug-likeness (QED) is 0.00972. The van der Waals surface area contributed by atoms with Crippen molar-refractivity contribution in [1.29, 1.82) is 0 Å². The fourth-order valence-electron chi connectivity index (χ4n) is 15.6. The summed E-state index contributed by atoms with van der Waals surface area (Å²) >= 11 is 5.03. The summed E-state index contributed by atoms with van der Waals surface area (Å²) in [5.74, 6) is -6.54. The first kappa shape index (κ1) is 96.8. The van der Waals surface area contributed by atoms with Crippen molar-refractivity contribution in [1.82, 2.24) is 56.8 Å². The van der Waals surface area contributed by atoms with Crippen LogP contribution < -0.4 is 37.8 Å². The number of hydrogen-bond donors (Lipinski definition) is 9. The summed E-state index contributed by atoms with van der Waals surface area (Å²) in [5, 5.41) is 44.0. The maximum absolute atomic E-state index is 14.7. The van der Waals surface area contributed by atoms with E-state index in [0.29, 0.717) is 46.0 Å². The molecule has 2 saturated heterocycles. The smallest absolute Gasteiger partial charge is 0.277 e. The highest BCUT2D eigenvalue weighted by molar-refractivity contribution is 14.1. The summed E-state index contributed by atoms with van der Waals surface area (Å²) in [6, 6.07) is 22.0. The van der Waals surface area contributed by atoms with Gasteiger partial charge in [-0.15, -0.1) is 22.7 Å². The van der Waals surface area contributed by atoms with Gasteiger partial charge in [0, 0.05) is 54.7 Å². The van der Waals surface area contributed by atoms with Crippen molar-refractivity contribution in [3.8, 4) is 20.9 Å². The highest BCUT2D eigenvalue weighted by atomic mass is 127. The number of benzene rings is 4. The van der Waals surface area contributed by atoms with E-state index < -0.39 is 89.1 Å². The van der Waals surface area contributed by atoms with Crippen LogP contribution in [0.4, 0.5) is 24.5 Å². The van der Waals surface area contributed by atoms with Crippen LogP contribution >= 0.6 is 45.3 Å². The van der Waals surface area contributed by atoms with Crippen molar-refractivity contribution in [2.75, 3.05) is 44.6 Å². The van der Waals surface area contributed by atoms with E-state index in [1.165, 1.54) is 59.0 Å². The van der Waals surface area contributed by atoms with Crippen molar-refractivity contribution in [3.63, 3.8) is 0 Å². The molecular weight excluding hydrogens is 1720 g/mol. The Hall–Kier alpha value is -8.99. The first-order chi connectivity index (χ1) is 58.7. The van der Waals surface area contributed by atoms with Crippen LogP contribution in [0, 0.1) is 60.6 Å². The second-order valence-corrected chi connectivity index (χ2v) is 35.6. The minimum absolute atomic E-state index is 0.00398. The number of aryl methyl sites for hydroxylation is 4. The highest BCUT2D eigenvalue weighted by Crippen LogP contribution is 2.37. The van der Waals surface area contributed by atoms with Gasteiger partial charge in [0.05, 0.1) is 104 Å². The van der Waals surface area contributed by atoms with Gasteiger partial charge in [-0.25, -0.2) is 28.6 Å². The van der Waals surface area contributed by atoms with Crippen molar-refractivity contribution in [2.24, 2.45) is 17.6 Å². The number of likely N-dealkylation sites (tertiary alicyclic amines) is 2. The van der Waals surface area contributed by atoms with Crippen molar-refractivity contribution < 1.29 is 70.8 Å². The second-order valence-electron chi connectivity index (χ2n) is 32.7. The average Bonchev–Trinajstić information content (AvgIpc) is 1.08. The van der Waals surface area contributed by atoms with Gasteiger partial charge < -0.3 is 61.4 Å².